The molecule has 55 heavy (non-hydrogen) atoms. The average Bonchev–Trinajstić information content (AvgIpc) is 3.48. The number of anilines is 3. The van der Waals surface area contributed by atoms with Gasteiger partial charge in [-0.2, -0.15) is 0 Å². The summed E-state index contributed by atoms with van der Waals surface area (Å²) in [5.74, 6) is -4.40. The summed E-state index contributed by atoms with van der Waals surface area (Å²) in [6, 6.07) is 40.5. The summed E-state index contributed by atoms with van der Waals surface area (Å²) in [6.45, 7) is 0. The van der Waals surface area contributed by atoms with E-state index in [0.717, 1.165) is 16.9 Å². The summed E-state index contributed by atoms with van der Waals surface area (Å²) in [6.07, 6.45) is 3.93. The Morgan fingerprint density at radius 2 is 1.40 bits per heavy atom. The molecule has 6 atom stereocenters. The molecular weight excluding hydrogens is 689 g/mol. The lowest BCUT2D eigenvalue weighted by molar-refractivity contribution is -0.135. The van der Waals surface area contributed by atoms with Gasteiger partial charge in [0.2, 0.25) is 11.8 Å². The van der Waals surface area contributed by atoms with Crippen molar-refractivity contribution in [1.29, 1.82) is 0 Å². The van der Waals surface area contributed by atoms with E-state index in [9.17, 15) is 14.7 Å². The highest BCUT2D eigenvalue weighted by atomic mass is 16.5. The third-order valence-electron chi connectivity index (χ3n) is 12.1. The first-order valence-corrected chi connectivity index (χ1v) is 18.6. The number of fused-ring (bicyclic) bond motifs is 4. The first-order chi connectivity index (χ1) is 26.8. The maximum Gasteiger partial charge on any atom is 0.238 e. The highest BCUT2D eigenvalue weighted by Crippen LogP contribution is 2.64. The normalized spacial score (nSPS) is 25.7. The van der Waals surface area contributed by atoms with Crippen molar-refractivity contribution in [2.24, 2.45) is 23.7 Å². The van der Waals surface area contributed by atoms with Crippen molar-refractivity contribution in [3.05, 3.63) is 168 Å². The molecule has 8 nitrogen and oxygen atoms in total. The molecule has 1 saturated carbocycles. The average molecular weight is 727 g/mol. The summed E-state index contributed by atoms with van der Waals surface area (Å²) in [7, 11) is 1.51. The number of allylic oxidation sites excluding steroid dienone is 4. The molecule has 5 aromatic rings. The minimum absolute atomic E-state index is 0.0835. The molecule has 5 aromatic carbocycles. The van der Waals surface area contributed by atoms with Gasteiger partial charge in [0, 0.05) is 40.4 Å². The third kappa shape index (κ3) is 5.35. The van der Waals surface area contributed by atoms with Gasteiger partial charge in [-0.3, -0.25) is 24.1 Å². The van der Waals surface area contributed by atoms with Gasteiger partial charge in [0.25, 0.3) is 0 Å². The number of benzene rings is 5. The fourth-order valence-electron chi connectivity index (χ4n) is 9.75. The van der Waals surface area contributed by atoms with Gasteiger partial charge in [0.05, 0.1) is 30.0 Å². The molecular formula is C47H38N2O6. The van der Waals surface area contributed by atoms with Gasteiger partial charge in [-0.1, -0.05) is 96.6 Å². The van der Waals surface area contributed by atoms with Crippen molar-refractivity contribution in [1.82, 2.24) is 0 Å². The Kier molecular flexibility index (Phi) is 8.34. The number of amides is 2. The van der Waals surface area contributed by atoms with E-state index < -0.39 is 35.0 Å². The summed E-state index contributed by atoms with van der Waals surface area (Å²) in [5, 5.41) is 15.1. The van der Waals surface area contributed by atoms with Gasteiger partial charge in [0.15, 0.2) is 11.6 Å². The Morgan fingerprint density at radius 1 is 0.745 bits per heavy atom. The number of phenolic OH excluding ortho intramolecular Hbond substituents is 1. The number of hydrogen-bond acceptors (Lipinski definition) is 7. The summed E-state index contributed by atoms with van der Waals surface area (Å²) < 4.78 is 5.44. The summed E-state index contributed by atoms with van der Waals surface area (Å²) in [4.78, 5) is 60.6. The van der Waals surface area contributed by atoms with E-state index in [1.807, 2.05) is 109 Å². The van der Waals surface area contributed by atoms with Crippen LogP contribution in [0.15, 0.2) is 151 Å². The Hall–Kier alpha value is -6.54. The molecule has 0 unspecified atom stereocenters. The second-order valence-corrected chi connectivity index (χ2v) is 14.8. The van der Waals surface area contributed by atoms with E-state index in [1.54, 1.807) is 24.3 Å². The molecule has 2 fully saturated rings. The Morgan fingerprint density at radius 3 is 2.07 bits per heavy atom. The van der Waals surface area contributed by atoms with Crippen molar-refractivity contribution in [2.75, 3.05) is 17.3 Å². The van der Waals surface area contributed by atoms with Crippen LogP contribution >= 0.6 is 0 Å². The minimum atomic E-state index is -1.44. The molecule has 8 heteroatoms. The van der Waals surface area contributed by atoms with E-state index in [-0.39, 0.29) is 42.0 Å². The van der Waals surface area contributed by atoms with E-state index in [2.05, 4.69) is 5.32 Å². The number of aromatic hydroxyl groups is 1. The molecule has 272 valence electrons. The molecule has 1 aliphatic heterocycles. The number of nitrogens with one attached hydrogen (secondary N) is 1. The zero-order chi connectivity index (χ0) is 37.8. The molecule has 0 radical (unpaired) electrons. The molecule has 0 spiro atoms. The van der Waals surface area contributed by atoms with E-state index in [4.69, 9.17) is 4.74 Å². The van der Waals surface area contributed by atoms with Gasteiger partial charge in [0.1, 0.15) is 11.5 Å². The third-order valence-corrected chi connectivity index (χ3v) is 12.1. The number of nitrogens with zero attached hydrogens (tertiary/aromatic N) is 1. The maximum atomic E-state index is 15.2. The molecule has 0 bridgehead atoms. The molecule has 2 amide bonds. The molecule has 9 rings (SSSR count). The van der Waals surface area contributed by atoms with Crippen LogP contribution < -0.4 is 15.0 Å². The zero-order valence-electron chi connectivity index (χ0n) is 30.1. The smallest absolute Gasteiger partial charge is 0.238 e. The van der Waals surface area contributed by atoms with Gasteiger partial charge >= 0.3 is 0 Å². The molecule has 3 aliphatic carbocycles. The van der Waals surface area contributed by atoms with Gasteiger partial charge < -0.3 is 15.2 Å². The number of rotatable bonds is 7. The summed E-state index contributed by atoms with van der Waals surface area (Å²) >= 11 is 0. The van der Waals surface area contributed by atoms with Crippen LogP contribution in [0.1, 0.15) is 35.4 Å². The van der Waals surface area contributed by atoms with Gasteiger partial charge in [-0.05, 0) is 78.4 Å². The van der Waals surface area contributed by atoms with Crippen LogP contribution in [0.2, 0.25) is 0 Å². The number of Topliss-reactive ketones (excluding diaryl/α,β-unsaturated/α-hetero) is 1. The van der Waals surface area contributed by atoms with E-state index in [1.165, 1.54) is 24.2 Å². The topological polar surface area (TPSA) is 113 Å². The Labute approximate surface area is 318 Å². The lowest BCUT2D eigenvalue weighted by Gasteiger charge is -2.55. The second-order valence-electron chi connectivity index (χ2n) is 14.8. The van der Waals surface area contributed by atoms with Crippen LogP contribution in [-0.2, 0) is 24.6 Å². The highest BCUT2D eigenvalue weighted by Gasteiger charge is 2.66. The maximum absolute atomic E-state index is 15.2. The first-order valence-electron chi connectivity index (χ1n) is 18.6. The number of ketones is 2. The molecule has 1 saturated heterocycles. The molecule has 1 heterocycles. The number of ether oxygens (including phenoxy) is 1. The first kappa shape index (κ1) is 34.2. The zero-order valence-corrected chi connectivity index (χ0v) is 30.1. The number of imide groups is 1. The number of phenols is 1. The fourth-order valence-corrected chi connectivity index (χ4v) is 9.75. The van der Waals surface area contributed by atoms with E-state index >= 15 is 9.59 Å². The van der Waals surface area contributed by atoms with Crippen LogP contribution in [0.4, 0.5) is 17.1 Å². The predicted molar refractivity (Wildman–Crippen MR) is 210 cm³/mol. The van der Waals surface area contributed by atoms with Crippen LogP contribution in [0.3, 0.4) is 0 Å². The van der Waals surface area contributed by atoms with Crippen molar-refractivity contribution in [3.63, 3.8) is 0 Å². The van der Waals surface area contributed by atoms with Crippen molar-refractivity contribution < 1.29 is 29.0 Å². The number of carbonyl (C=O) groups excluding carboxylic acids is 4. The van der Waals surface area contributed by atoms with Gasteiger partial charge in [-0.15, -0.1) is 0 Å². The fraction of sp³-hybridized carbons (Fsp3) is 0.191. The Balaban J connectivity index is 1.18. The monoisotopic (exact) mass is 726 g/mol. The second kappa shape index (κ2) is 13.4. The molecule has 4 aliphatic rings. The minimum Gasteiger partial charge on any atom is -0.508 e. The largest absolute Gasteiger partial charge is 0.508 e. The number of hydrogen-bond donors (Lipinski definition) is 2. The van der Waals surface area contributed by atoms with E-state index in [0.29, 0.717) is 33.7 Å². The number of carbonyl (C=O) groups is 4. The van der Waals surface area contributed by atoms with Crippen molar-refractivity contribution in [3.8, 4) is 11.5 Å². The van der Waals surface area contributed by atoms with Gasteiger partial charge in [-0.25, -0.2) is 0 Å². The SMILES string of the molecule is COc1ccc([C@H]2C3=CC[C@@H]4C(=O)N(c5ccc(Nc6ccccc6)cc5)C(=O)[C@@H]4[C@@H]3C[C@H]3C(=O)C(c4ccccc4)=CC(=O)[C@@]23c2ccccc2)c(O)c1. The van der Waals surface area contributed by atoms with Crippen LogP contribution in [-0.4, -0.2) is 35.6 Å². The van der Waals surface area contributed by atoms with Crippen molar-refractivity contribution in [2.45, 2.75) is 24.2 Å². The molecule has 2 N–H and O–H groups in total. The quantitative estimate of drug-likeness (QED) is 0.129. The molecule has 0 aromatic heterocycles. The van der Waals surface area contributed by atoms with Crippen LogP contribution in [0, 0.1) is 23.7 Å². The van der Waals surface area contributed by atoms with Crippen LogP contribution in [0.5, 0.6) is 11.5 Å². The van der Waals surface area contributed by atoms with Crippen LogP contribution in [0.25, 0.3) is 5.57 Å². The number of para-hydroxylation sites is 1. The number of methoxy groups -OCH3 is 1. The predicted octanol–water partition coefficient (Wildman–Crippen LogP) is 8.17. The highest BCUT2D eigenvalue weighted by molar-refractivity contribution is 6.32. The Bertz CT molecular complexity index is 2410. The summed E-state index contributed by atoms with van der Waals surface area (Å²) in [5.41, 5.74) is 3.61. The lowest BCUT2D eigenvalue weighted by atomic mass is 9.44. The van der Waals surface area contributed by atoms with Crippen molar-refractivity contribution >= 4 is 46.0 Å². The standard InChI is InChI=1S/C47H38N2O6/c1-55-33-21-22-35(40(50)25-33)43-34-23-24-36-42(46(54)49(45(36)53)32-19-17-31(18-20-32)48-30-15-9-4-10-16-30)38(34)26-39-44(52)37(28-11-5-2-6-12-28)27-41(51)47(39,43)29-13-7-3-8-14-29/h2-23,25,27,36,38-39,42-43,48,50H,24,26H2,1H3/t36-,38+,39-,42-,43+,47-/m0/s1. The lowest BCUT2D eigenvalue weighted by Crippen LogP contribution is -2.58.